The van der Waals surface area contributed by atoms with E-state index in [9.17, 15) is 0 Å². The van der Waals surface area contributed by atoms with E-state index in [1.54, 1.807) is 17.1 Å². The molecule has 3 aromatic heterocycles. The summed E-state index contributed by atoms with van der Waals surface area (Å²) >= 11 is 18.0. The van der Waals surface area contributed by atoms with Gasteiger partial charge in [-0.1, -0.05) is 41.4 Å². The van der Waals surface area contributed by atoms with E-state index in [1.807, 2.05) is 46.0 Å². The Labute approximate surface area is 201 Å². The third-order valence-corrected chi connectivity index (χ3v) is 5.82. The fourth-order valence-corrected chi connectivity index (χ4v) is 3.89. The molecule has 0 unspecified atom stereocenters. The average molecular weight is 489 g/mol. The van der Waals surface area contributed by atoms with Crippen LogP contribution in [0.1, 0.15) is 23.7 Å². The van der Waals surface area contributed by atoms with Crippen LogP contribution in [0.15, 0.2) is 49.1 Å². The zero-order chi connectivity index (χ0) is 22.7. The Hall–Kier alpha value is -2.88. The molecular weight excluding hydrogens is 467 g/mol. The highest BCUT2D eigenvalue weighted by Gasteiger charge is 2.12. The van der Waals surface area contributed by atoms with Crippen LogP contribution in [0.2, 0.25) is 10.0 Å². The van der Waals surface area contributed by atoms with Gasteiger partial charge in [-0.2, -0.15) is 15.3 Å². The lowest BCUT2D eigenvalue weighted by Gasteiger charge is -2.07. The molecule has 8 nitrogen and oxygen atoms in total. The highest BCUT2D eigenvalue weighted by molar-refractivity contribution is 7.80. The second-order valence-electron chi connectivity index (χ2n) is 7.19. The molecule has 0 atom stereocenters. The quantitative estimate of drug-likeness (QED) is 0.363. The lowest BCUT2D eigenvalue weighted by atomic mass is 10.2. The van der Waals surface area contributed by atoms with E-state index < -0.39 is 0 Å². The van der Waals surface area contributed by atoms with Gasteiger partial charge in [0.25, 0.3) is 0 Å². The number of aromatic nitrogens is 6. The van der Waals surface area contributed by atoms with Crippen LogP contribution in [0.4, 0.5) is 11.5 Å². The summed E-state index contributed by atoms with van der Waals surface area (Å²) in [4.78, 5) is 0. The van der Waals surface area contributed by atoms with Crippen molar-refractivity contribution in [3.63, 3.8) is 0 Å². The molecule has 4 rings (SSSR count). The van der Waals surface area contributed by atoms with E-state index in [1.165, 1.54) is 0 Å². The van der Waals surface area contributed by atoms with E-state index in [-0.39, 0.29) is 0 Å². The Morgan fingerprint density at radius 1 is 0.969 bits per heavy atom. The topological polar surface area (TPSA) is 77.5 Å². The van der Waals surface area contributed by atoms with Crippen molar-refractivity contribution in [3.8, 4) is 0 Å². The standard InChI is InChI=1S/C21H22Cl2N8S/c1-3-31-14(2)16(8-25-31)11-29-12-17(9-24-29)26-21(32)27-20-19(23)13-30(28-20)10-15-6-4-5-7-18(15)22/h4-9,12-13H,3,10-11H2,1-2H3,(H2,26,27,28,32). The molecule has 166 valence electrons. The second-order valence-corrected chi connectivity index (χ2v) is 8.41. The molecule has 0 radical (unpaired) electrons. The molecule has 0 fully saturated rings. The van der Waals surface area contributed by atoms with Crippen LogP contribution < -0.4 is 10.6 Å². The number of nitrogens with zero attached hydrogens (tertiary/aromatic N) is 6. The molecule has 0 amide bonds. The van der Waals surface area contributed by atoms with Crippen molar-refractivity contribution in [2.75, 3.05) is 10.6 Å². The molecule has 4 aromatic rings. The highest BCUT2D eigenvalue weighted by atomic mass is 35.5. The van der Waals surface area contributed by atoms with Crippen LogP contribution in [0, 0.1) is 6.92 Å². The third-order valence-electron chi connectivity index (χ3n) is 4.97. The Balaban J connectivity index is 1.36. The SMILES string of the molecule is CCn1ncc(Cn2cc(NC(=S)Nc3nn(Cc4ccccc4Cl)cc3Cl)cn2)c1C. The first-order chi connectivity index (χ1) is 15.4. The van der Waals surface area contributed by atoms with Crippen molar-refractivity contribution in [3.05, 3.63) is 75.9 Å². The molecule has 0 saturated carbocycles. The van der Waals surface area contributed by atoms with E-state index in [0.717, 1.165) is 29.1 Å². The van der Waals surface area contributed by atoms with Gasteiger partial charge >= 0.3 is 0 Å². The molecule has 2 N–H and O–H groups in total. The number of rotatable bonds is 7. The van der Waals surface area contributed by atoms with Crippen molar-refractivity contribution in [2.45, 2.75) is 33.5 Å². The summed E-state index contributed by atoms with van der Waals surface area (Å²) in [5.41, 5.74) is 3.97. The molecule has 0 bridgehead atoms. The van der Waals surface area contributed by atoms with Gasteiger partial charge in [-0.15, -0.1) is 0 Å². The Kier molecular flexibility index (Phi) is 6.78. The number of nitrogens with one attached hydrogen (secondary N) is 2. The zero-order valence-electron chi connectivity index (χ0n) is 17.6. The molecule has 0 spiro atoms. The van der Waals surface area contributed by atoms with Crippen LogP contribution in [0.3, 0.4) is 0 Å². The molecule has 3 heterocycles. The summed E-state index contributed by atoms with van der Waals surface area (Å²) in [5, 5.41) is 20.9. The maximum absolute atomic E-state index is 6.33. The fourth-order valence-electron chi connectivity index (χ4n) is 3.28. The van der Waals surface area contributed by atoms with Crippen LogP contribution in [0.5, 0.6) is 0 Å². The monoisotopic (exact) mass is 488 g/mol. The van der Waals surface area contributed by atoms with Crippen LogP contribution in [-0.2, 0) is 19.6 Å². The average Bonchev–Trinajstić information content (AvgIpc) is 3.44. The van der Waals surface area contributed by atoms with Gasteiger partial charge in [-0.3, -0.25) is 14.0 Å². The van der Waals surface area contributed by atoms with Gasteiger partial charge in [0, 0.05) is 35.2 Å². The summed E-state index contributed by atoms with van der Waals surface area (Å²) < 4.78 is 5.51. The first-order valence-corrected chi connectivity index (χ1v) is 11.2. The maximum atomic E-state index is 6.33. The van der Waals surface area contributed by atoms with E-state index in [2.05, 4.69) is 39.8 Å². The number of thiocarbonyl (C=S) groups is 1. The molecule has 0 aliphatic heterocycles. The van der Waals surface area contributed by atoms with Gasteiger partial charge in [0.15, 0.2) is 10.9 Å². The summed E-state index contributed by atoms with van der Waals surface area (Å²) in [6, 6.07) is 7.61. The van der Waals surface area contributed by atoms with Crippen molar-refractivity contribution >= 4 is 52.0 Å². The molecule has 32 heavy (non-hydrogen) atoms. The fraction of sp³-hybridized carbons (Fsp3) is 0.238. The smallest absolute Gasteiger partial charge is 0.176 e. The van der Waals surface area contributed by atoms with Gasteiger partial charge in [0.2, 0.25) is 0 Å². The molecular formula is C21H22Cl2N8S. The number of halogens is 2. The Bertz CT molecular complexity index is 1240. The predicted octanol–water partition coefficient (Wildman–Crippen LogP) is 4.82. The minimum Gasteiger partial charge on any atom is -0.330 e. The first-order valence-electron chi connectivity index (χ1n) is 10.0. The maximum Gasteiger partial charge on any atom is 0.176 e. The lowest BCUT2D eigenvalue weighted by molar-refractivity contribution is 0.633. The van der Waals surface area contributed by atoms with E-state index in [4.69, 9.17) is 35.4 Å². The summed E-state index contributed by atoms with van der Waals surface area (Å²) in [6.45, 7) is 6.10. The van der Waals surface area contributed by atoms with Crippen molar-refractivity contribution < 1.29 is 0 Å². The zero-order valence-corrected chi connectivity index (χ0v) is 19.9. The lowest BCUT2D eigenvalue weighted by Crippen LogP contribution is -2.19. The van der Waals surface area contributed by atoms with Crippen LogP contribution in [0.25, 0.3) is 0 Å². The van der Waals surface area contributed by atoms with Crippen molar-refractivity contribution in [2.24, 2.45) is 0 Å². The summed E-state index contributed by atoms with van der Waals surface area (Å²) in [5.74, 6) is 0.464. The van der Waals surface area contributed by atoms with Gasteiger partial charge in [0.05, 0.1) is 31.2 Å². The highest BCUT2D eigenvalue weighted by Crippen LogP contribution is 2.22. The van der Waals surface area contributed by atoms with Gasteiger partial charge in [-0.25, -0.2) is 0 Å². The minimum absolute atomic E-state index is 0.365. The summed E-state index contributed by atoms with van der Waals surface area (Å²) in [6.07, 6.45) is 7.20. The number of benzene rings is 1. The molecule has 0 aliphatic carbocycles. The van der Waals surface area contributed by atoms with Crippen LogP contribution in [-0.4, -0.2) is 34.5 Å². The van der Waals surface area contributed by atoms with Gasteiger partial charge < -0.3 is 10.6 Å². The number of anilines is 2. The summed E-state index contributed by atoms with van der Waals surface area (Å²) in [7, 11) is 0. The van der Waals surface area contributed by atoms with E-state index in [0.29, 0.717) is 34.1 Å². The first kappa shape index (κ1) is 22.3. The number of aryl methyl sites for hydroxylation is 1. The third kappa shape index (κ3) is 5.12. The minimum atomic E-state index is 0.365. The molecule has 1 aromatic carbocycles. The van der Waals surface area contributed by atoms with Crippen molar-refractivity contribution in [1.82, 2.24) is 29.3 Å². The predicted molar refractivity (Wildman–Crippen MR) is 132 cm³/mol. The largest absolute Gasteiger partial charge is 0.330 e. The second kappa shape index (κ2) is 9.72. The van der Waals surface area contributed by atoms with Gasteiger partial charge in [0.1, 0.15) is 5.02 Å². The Morgan fingerprint density at radius 3 is 2.50 bits per heavy atom. The van der Waals surface area contributed by atoms with E-state index >= 15 is 0 Å². The Morgan fingerprint density at radius 2 is 1.75 bits per heavy atom. The van der Waals surface area contributed by atoms with Gasteiger partial charge in [-0.05, 0) is 37.7 Å². The molecule has 0 saturated heterocycles. The van der Waals surface area contributed by atoms with Crippen molar-refractivity contribution in [1.29, 1.82) is 0 Å². The molecule has 11 heteroatoms. The number of hydrogen-bond donors (Lipinski definition) is 2. The molecule has 0 aliphatic rings. The normalized spacial score (nSPS) is 11.0. The number of hydrogen-bond acceptors (Lipinski definition) is 4. The van der Waals surface area contributed by atoms with Crippen LogP contribution >= 0.6 is 35.4 Å².